The number of hydrogen-bond acceptors (Lipinski definition) is 5. The summed E-state index contributed by atoms with van der Waals surface area (Å²) in [4.78, 5) is 34.0. The van der Waals surface area contributed by atoms with Gasteiger partial charge in [-0.3, -0.25) is 14.9 Å². The largest absolute Gasteiger partial charge is 0.312 e. The highest BCUT2D eigenvalue weighted by Crippen LogP contribution is 2.30. The SMILES string of the molecule is O=c1[nH]cnc2nc(-c3ccccc3)cc(-c3ccc([N+](=O)[O-])cc3)c12. The van der Waals surface area contributed by atoms with E-state index in [0.29, 0.717) is 27.9 Å². The third-order valence-corrected chi connectivity index (χ3v) is 4.07. The number of hydrogen-bond donors (Lipinski definition) is 1. The Kier molecular flexibility index (Phi) is 3.74. The summed E-state index contributed by atoms with van der Waals surface area (Å²) in [6.07, 6.45) is 1.31. The molecule has 0 fully saturated rings. The number of nitro groups is 1. The van der Waals surface area contributed by atoms with Crippen LogP contribution in [0.25, 0.3) is 33.4 Å². The van der Waals surface area contributed by atoms with E-state index in [1.807, 2.05) is 30.3 Å². The first-order valence-electron chi connectivity index (χ1n) is 7.82. The molecule has 0 saturated heterocycles. The molecule has 0 saturated carbocycles. The van der Waals surface area contributed by atoms with Gasteiger partial charge in [-0.2, -0.15) is 0 Å². The van der Waals surface area contributed by atoms with Crippen molar-refractivity contribution < 1.29 is 4.92 Å². The van der Waals surface area contributed by atoms with Crippen LogP contribution in [0.15, 0.2) is 71.8 Å². The van der Waals surface area contributed by atoms with Gasteiger partial charge in [0.05, 0.1) is 22.3 Å². The zero-order valence-electron chi connectivity index (χ0n) is 13.4. The van der Waals surface area contributed by atoms with Crippen molar-refractivity contribution in [1.29, 1.82) is 0 Å². The van der Waals surface area contributed by atoms with Gasteiger partial charge in [-0.05, 0) is 23.8 Å². The minimum absolute atomic E-state index is 0.0116. The number of non-ortho nitro benzene ring substituents is 1. The summed E-state index contributed by atoms with van der Waals surface area (Å²) in [6, 6.07) is 17.4. The summed E-state index contributed by atoms with van der Waals surface area (Å²) < 4.78 is 0. The lowest BCUT2D eigenvalue weighted by Gasteiger charge is -2.09. The Morgan fingerprint density at radius 1 is 0.962 bits per heavy atom. The highest BCUT2D eigenvalue weighted by Gasteiger charge is 2.14. The molecule has 0 spiro atoms. The summed E-state index contributed by atoms with van der Waals surface area (Å²) in [5.74, 6) is 0. The van der Waals surface area contributed by atoms with Crippen molar-refractivity contribution >= 4 is 16.7 Å². The van der Waals surface area contributed by atoms with Crippen LogP contribution in [0.3, 0.4) is 0 Å². The fourth-order valence-electron chi connectivity index (χ4n) is 2.82. The molecular formula is C19H12N4O3. The number of fused-ring (bicyclic) bond motifs is 1. The summed E-state index contributed by atoms with van der Waals surface area (Å²) in [5, 5.41) is 11.2. The Balaban J connectivity index is 2.00. The third kappa shape index (κ3) is 2.71. The van der Waals surface area contributed by atoms with Crippen molar-refractivity contribution in [1.82, 2.24) is 15.0 Å². The van der Waals surface area contributed by atoms with E-state index >= 15 is 0 Å². The molecule has 0 aliphatic carbocycles. The van der Waals surface area contributed by atoms with E-state index < -0.39 is 4.92 Å². The van der Waals surface area contributed by atoms with Gasteiger partial charge in [-0.1, -0.05) is 30.3 Å². The molecule has 0 amide bonds. The number of benzene rings is 2. The Labute approximate surface area is 147 Å². The molecule has 7 heteroatoms. The van der Waals surface area contributed by atoms with Gasteiger partial charge >= 0.3 is 0 Å². The van der Waals surface area contributed by atoms with Gasteiger partial charge in [0.25, 0.3) is 11.2 Å². The van der Waals surface area contributed by atoms with E-state index in [1.165, 1.54) is 18.5 Å². The summed E-state index contributed by atoms with van der Waals surface area (Å²) in [7, 11) is 0. The van der Waals surface area contributed by atoms with E-state index in [0.717, 1.165) is 5.56 Å². The minimum Gasteiger partial charge on any atom is -0.312 e. The van der Waals surface area contributed by atoms with Crippen LogP contribution >= 0.6 is 0 Å². The number of H-pyrrole nitrogens is 1. The first-order chi connectivity index (χ1) is 12.6. The lowest BCUT2D eigenvalue weighted by molar-refractivity contribution is -0.384. The smallest absolute Gasteiger partial charge is 0.269 e. The quantitative estimate of drug-likeness (QED) is 0.452. The second-order valence-corrected chi connectivity index (χ2v) is 5.66. The Morgan fingerprint density at radius 2 is 1.69 bits per heavy atom. The van der Waals surface area contributed by atoms with E-state index in [1.54, 1.807) is 18.2 Å². The molecule has 1 N–H and O–H groups in total. The van der Waals surface area contributed by atoms with Gasteiger partial charge < -0.3 is 4.98 Å². The molecule has 2 heterocycles. The molecular weight excluding hydrogens is 332 g/mol. The van der Waals surface area contributed by atoms with E-state index in [9.17, 15) is 14.9 Å². The van der Waals surface area contributed by atoms with Gasteiger partial charge in [0, 0.05) is 23.3 Å². The molecule has 0 bridgehead atoms. The summed E-state index contributed by atoms with van der Waals surface area (Å²) >= 11 is 0. The van der Waals surface area contributed by atoms with E-state index in [4.69, 9.17) is 0 Å². The van der Waals surface area contributed by atoms with Crippen LogP contribution in [0.1, 0.15) is 0 Å². The molecule has 2 aromatic heterocycles. The first-order valence-corrected chi connectivity index (χ1v) is 7.82. The molecule has 0 atom stereocenters. The Bertz CT molecular complexity index is 1170. The van der Waals surface area contributed by atoms with Crippen molar-refractivity contribution in [3.8, 4) is 22.4 Å². The van der Waals surface area contributed by atoms with Crippen LogP contribution in [0, 0.1) is 10.1 Å². The highest BCUT2D eigenvalue weighted by atomic mass is 16.6. The highest BCUT2D eigenvalue weighted by molar-refractivity contribution is 5.94. The molecule has 0 radical (unpaired) electrons. The maximum Gasteiger partial charge on any atom is 0.269 e. The predicted octanol–water partition coefficient (Wildman–Crippen LogP) is 3.56. The van der Waals surface area contributed by atoms with Crippen LogP contribution in [0.4, 0.5) is 5.69 Å². The Hall–Kier alpha value is -3.87. The maximum absolute atomic E-state index is 12.4. The molecule has 0 unspecified atom stereocenters. The molecule has 7 nitrogen and oxygen atoms in total. The monoisotopic (exact) mass is 344 g/mol. The predicted molar refractivity (Wildman–Crippen MR) is 97.7 cm³/mol. The zero-order chi connectivity index (χ0) is 18.1. The molecule has 4 rings (SSSR count). The summed E-state index contributed by atoms with van der Waals surface area (Å²) in [5.41, 5.74) is 2.86. The average molecular weight is 344 g/mol. The van der Waals surface area contributed by atoms with Gasteiger partial charge in [0.2, 0.25) is 0 Å². The minimum atomic E-state index is -0.460. The maximum atomic E-state index is 12.4. The van der Waals surface area contributed by atoms with Crippen LogP contribution in [0.2, 0.25) is 0 Å². The van der Waals surface area contributed by atoms with Crippen LogP contribution in [0.5, 0.6) is 0 Å². The molecule has 0 aliphatic heterocycles. The number of aromatic amines is 1. The van der Waals surface area contributed by atoms with Crippen LogP contribution in [-0.2, 0) is 0 Å². The van der Waals surface area contributed by atoms with Crippen molar-refractivity contribution in [2.45, 2.75) is 0 Å². The number of aromatic nitrogens is 3. The van der Waals surface area contributed by atoms with Gasteiger partial charge in [-0.25, -0.2) is 9.97 Å². The summed E-state index contributed by atoms with van der Waals surface area (Å²) in [6.45, 7) is 0. The molecule has 0 aliphatic rings. The van der Waals surface area contributed by atoms with E-state index in [-0.39, 0.29) is 11.2 Å². The van der Waals surface area contributed by atoms with Crippen molar-refractivity contribution in [2.24, 2.45) is 0 Å². The third-order valence-electron chi connectivity index (χ3n) is 4.07. The average Bonchev–Trinajstić information content (AvgIpc) is 2.68. The number of nitrogens with zero attached hydrogens (tertiary/aromatic N) is 3. The van der Waals surface area contributed by atoms with Gasteiger partial charge in [0.1, 0.15) is 0 Å². The molecule has 26 heavy (non-hydrogen) atoms. The van der Waals surface area contributed by atoms with Gasteiger partial charge in [-0.15, -0.1) is 0 Å². The topological polar surface area (TPSA) is 102 Å². The lowest BCUT2D eigenvalue weighted by atomic mass is 10.00. The van der Waals surface area contributed by atoms with Crippen molar-refractivity contribution in [3.05, 3.63) is 87.5 Å². The first kappa shape index (κ1) is 15.6. The number of nitro benzene ring substituents is 1. The zero-order valence-corrected chi connectivity index (χ0v) is 13.4. The fraction of sp³-hybridized carbons (Fsp3) is 0. The number of nitrogens with one attached hydrogen (secondary N) is 1. The number of pyridine rings is 1. The Morgan fingerprint density at radius 3 is 2.38 bits per heavy atom. The second-order valence-electron chi connectivity index (χ2n) is 5.66. The fourth-order valence-corrected chi connectivity index (χ4v) is 2.82. The normalized spacial score (nSPS) is 10.8. The molecule has 126 valence electrons. The van der Waals surface area contributed by atoms with Gasteiger partial charge in [0.15, 0.2) is 5.65 Å². The second kappa shape index (κ2) is 6.21. The van der Waals surface area contributed by atoms with Crippen LogP contribution < -0.4 is 5.56 Å². The number of rotatable bonds is 3. The molecule has 4 aromatic rings. The van der Waals surface area contributed by atoms with Crippen molar-refractivity contribution in [2.75, 3.05) is 0 Å². The van der Waals surface area contributed by atoms with E-state index in [2.05, 4.69) is 15.0 Å². The standard InChI is InChI=1S/C19H12N4O3/c24-19-17-15(12-6-8-14(9-7-12)23(25)26)10-16(13-4-2-1-3-5-13)22-18(17)20-11-21-19/h1-11H,(H,20,21,22,24). The molecule has 2 aromatic carbocycles. The van der Waals surface area contributed by atoms with Crippen molar-refractivity contribution in [3.63, 3.8) is 0 Å². The van der Waals surface area contributed by atoms with Crippen LogP contribution in [-0.4, -0.2) is 19.9 Å². The lowest BCUT2D eigenvalue weighted by Crippen LogP contribution is -2.09.